The van der Waals surface area contributed by atoms with Crippen LogP contribution >= 0.6 is 0 Å². The molecule has 0 amide bonds. The van der Waals surface area contributed by atoms with E-state index in [1.807, 2.05) is 0 Å². The summed E-state index contributed by atoms with van der Waals surface area (Å²) in [5, 5.41) is 69.2. The highest BCUT2D eigenvalue weighted by molar-refractivity contribution is 5.88. The molecule has 1 saturated heterocycles. The van der Waals surface area contributed by atoms with Gasteiger partial charge in [0.05, 0.1) is 13.7 Å². The Labute approximate surface area is 191 Å². The van der Waals surface area contributed by atoms with Crippen molar-refractivity contribution in [1.82, 2.24) is 0 Å². The minimum Gasteiger partial charge on any atom is -0.508 e. The molecule has 0 unspecified atom stereocenters. The minimum atomic E-state index is -1.68. The number of fused-ring (bicyclic) bond motifs is 1. The van der Waals surface area contributed by atoms with Crippen molar-refractivity contribution in [2.24, 2.45) is 0 Å². The number of aromatic hydroxyl groups is 3. The molecule has 2 aromatic carbocycles. The molecular formula is C22H22O12. The second-order valence-electron chi connectivity index (χ2n) is 7.63. The highest BCUT2D eigenvalue weighted by Gasteiger charge is 2.45. The topological polar surface area (TPSA) is 200 Å². The molecule has 0 aliphatic carbocycles. The van der Waals surface area contributed by atoms with E-state index < -0.39 is 54.2 Å². The standard InChI is InChI=1S/C22H22O12/c1-31-21-17(28)15-11(26)5-9(24)6-13(15)32-20(21)8-2-3-12(10(25)4-8)33-22-19(30)18(29)16(27)14(7-23)34-22/h2-6,14,16,18-19,22-27,29-30H,7H2,1H3/t14-,16+,18-,19-,22-/m1/s1. The van der Waals surface area contributed by atoms with Gasteiger partial charge in [-0.2, -0.15) is 0 Å². The molecule has 34 heavy (non-hydrogen) atoms. The first-order chi connectivity index (χ1) is 16.2. The van der Waals surface area contributed by atoms with Crippen LogP contribution in [0.3, 0.4) is 0 Å². The van der Waals surface area contributed by atoms with E-state index in [1.165, 1.54) is 19.2 Å². The number of hydrogen-bond acceptors (Lipinski definition) is 12. The fraction of sp³-hybridized carbons (Fsp3) is 0.318. The number of phenols is 3. The summed E-state index contributed by atoms with van der Waals surface area (Å²) in [5.41, 5.74) is -0.672. The monoisotopic (exact) mass is 478 g/mol. The predicted octanol–water partition coefficient (Wildman–Crippen LogP) is -0.236. The van der Waals surface area contributed by atoms with Gasteiger partial charge in [0.1, 0.15) is 46.9 Å². The predicted molar refractivity (Wildman–Crippen MR) is 114 cm³/mol. The number of phenolic OH excluding ortho intramolecular Hbond substituents is 3. The molecular weight excluding hydrogens is 456 g/mol. The summed E-state index contributed by atoms with van der Waals surface area (Å²) in [6.07, 6.45) is -7.64. The summed E-state index contributed by atoms with van der Waals surface area (Å²) >= 11 is 0. The van der Waals surface area contributed by atoms with Gasteiger partial charge in [0.25, 0.3) is 0 Å². The summed E-state index contributed by atoms with van der Waals surface area (Å²) in [7, 11) is 1.22. The van der Waals surface area contributed by atoms with Crippen molar-refractivity contribution in [1.29, 1.82) is 0 Å². The highest BCUT2D eigenvalue weighted by atomic mass is 16.7. The van der Waals surface area contributed by atoms with Crippen LogP contribution in [0.15, 0.2) is 39.5 Å². The van der Waals surface area contributed by atoms with Crippen LogP contribution < -0.4 is 14.9 Å². The molecule has 0 radical (unpaired) electrons. The molecule has 3 aromatic rings. The largest absolute Gasteiger partial charge is 0.508 e. The first-order valence-electron chi connectivity index (χ1n) is 10.0. The van der Waals surface area contributed by atoms with Gasteiger partial charge in [-0.1, -0.05) is 0 Å². The van der Waals surface area contributed by atoms with E-state index >= 15 is 0 Å². The van der Waals surface area contributed by atoms with Gasteiger partial charge in [-0.3, -0.25) is 4.79 Å². The molecule has 12 nitrogen and oxygen atoms in total. The Morgan fingerprint density at radius 3 is 2.35 bits per heavy atom. The van der Waals surface area contributed by atoms with Crippen LogP contribution in [0.25, 0.3) is 22.3 Å². The molecule has 1 aromatic heterocycles. The average Bonchev–Trinajstić information content (AvgIpc) is 2.79. The van der Waals surface area contributed by atoms with Crippen LogP contribution in [0.4, 0.5) is 0 Å². The van der Waals surface area contributed by atoms with Crippen LogP contribution in [0, 0.1) is 0 Å². The molecule has 12 heteroatoms. The lowest BCUT2D eigenvalue weighted by molar-refractivity contribution is -0.277. The average molecular weight is 478 g/mol. The number of ether oxygens (including phenoxy) is 3. The van der Waals surface area contributed by atoms with E-state index in [0.29, 0.717) is 0 Å². The lowest BCUT2D eigenvalue weighted by Crippen LogP contribution is -2.60. The molecule has 5 atom stereocenters. The molecule has 0 spiro atoms. The molecule has 1 aliphatic heterocycles. The molecule has 4 rings (SSSR count). The van der Waals surface area contributed by atoms with Gasteiger partial charge < -0.3 is 54.4 Å². The fourth-order valence-corrected chi connectivity index (χ4v) is 3.69. The van der Waals surface area contributed by atoms with Crippen LogP contribution in [-0.2, 0) is 4.74 Å². The van der Waals surface area contributed by atoms with E-state index in [9.17, 15) is 40.5 Å². The number of aliphatic hydroxyl groups excluding tert-OH is 4. The Morgan fingerprint density at radius 1 is 0.971 bits per heavy atom. The number of hydrogen-bond donors (Lipinski definition) is 7. The fourth-order valence-electron chi connectivity index (χ4n) is 3.69. The molecule has 1 aliphatic rings. The van der Waals surface area contributed by atoms with Crippen molar-refractivity contribution in [2.75, 3.05) is 13.7 Å². The summed E-state index contributed by atoms with van der Waals surface area (Å²) in [4.78, 5) is 12.8. The number of methoxy groups -OCH3 is 1. The zero-order chi connectivity index (χ0) is 24.7. The Hall–Kier alpha value is -3.55. The first-order valence-corrected chi connectivity index (χ1v) is 10.0. The van der Waals surface area contributed by atoms with Gasteiger partial charge >= 0.3 is 0 Å². The Bertz CT molecular complexity index is 1270. The molecule has 1 fully saturated rings. The quantitative estimate of drug-likeness (QED) is 0.254. The van der Waals surface area contributed by atoms with E-state index in [4.69, 9.17) is 18.6 Å². The Morgan fingerprint density at radius 2 is 1.71 bits per heavy atom. The summed E-state index contributed by atoms with van der Waals surface area (Å²) in [6, 6.07) is 5.92. The van der Waals surface area contributed by atoms with Gasteiger partial charge in [-0.15, -0.1) is 0 Å². The molecule has 182 valence electrons. The molecule has 7 N–H and O–H groups in total. The van der Waals surface area contributed by atoms with Gasteiger partial charge in [-0.05, 0) is 18.2 Å². The van der Waals surface area contributed by atoms with Crippen molar-refractivity contribution >= 4 is 11.0 Å². The zero-order valence-corrected chi connectivity index (χ0v) is 17.7. The molecule has 2 heterocycles. The van der Waals surface area contributed by atoms with Crippen LogP contribution in [0.5, 0.6) is 28.7 Å². The Kier molecular flexibility index (Phi) is 6.25. The third kappa shape index (κ3) is 3.97. The van der Waals surface area contributed by atoms with Crippen LogP contribution in [0.2, 0.25) is 0 Å². The summed E-state index contributed by atoms with van der Waals surface area (Å²) in [6.45, 7) is -0.651. The number of rotatable bonds is 5. The lowest BCUT2D eigenvalue weighted by atomic mass is 9.99. The minimum absolute atomic E-state index is 0.111. The zero-order valence-electron chi connectivity index (χ0n) is 17.7. The van der Waals surface area contributed by atoms with E-state index in [0.717, 1.165) is 18.2 Å². The number of aliphatic hydroxyl groups is 4. The number of benzene rings is 2. The van der Waals surface area contributed by atoms with Gasteiger partial charge in [0.15, 0.2) is 17.3 Å². The lowest BCUT2D eigenvalue weighted by Gasteiger charge is -2.39. The van der Waals surface area contributed by atoms with Crippen LogP contribution in [-0.4, -0.2) is 80.2 Å². The smallest absolute Gasteiger partial charge is 0.239 e. The first kappa shape index (κ1) is 23.6. The van der Waals surface area contributed by atoms with Crippen molar-refractivity contribution in [3.8, 4) is 40.1 Å². The maximum Gasteiger partial charge on any atom is 0.239 e. The summed E-state index contributed by atoms with van der Waals surface area (Å²) in [5.74, 6) is -1.88. The van der Waals surface area contributed by atoms with Gasteiger partial charge in [0.2, 0.25) is 17.5 Å². The van der Waals surface area contributed by atoms with Crippen LogP contribution in [0.1, 0.15) is 0 Å². The maximum absolute atomic E-state index is 12.8. The maximum atomic E-state index is 12.8. The summed E-state index contributed by atoms with van der Waals surface area (Å²) < 4.78 is 21.5. The van der Waals surface area contributed by atoms with E-state index in [-0.39, 0.29) is 39.5 Å². The van der Waals surface area contributed by atoms with Gasteiger partial charge in [0, 0.05) is 17.7 Å². The highest BCUT2D eigenvalue weighted by Crippen LogP contribution is 2.39. The second-order valence-corrected chi connectivity index (χ2v) is 7.63. The third-order valence-electron chi connectivity index (χ3n) is 5.43. The van der Waals surface area contributed by atoms with Crippen molar-refractivity contribution in [2.45, 2.75) is 30.7 Å². The van der Waals surface area contributed by atoms with Crippen molar-refractivity contribution in [3.05, 3.63) is 40.6 Å². The van der Waals surface area contributed by atoms with Crippen molar-refractivity contribution < 1.29 is 54.4 Å². The van der Waals surface area contributed by atoms with Gasteiger partial charge in [-0.25, -0.2) is 0 Å². The second kappa shape index (κ2) is 9.00. The van der Waals surface area contributed by atoms with E-state index in [1.54, 1.807) is 0 Å². The van der Waals surface area contributed by atoms with Crippen molar-refractivity contribution in [3.63, 3.8) is 0 Å². The molecule has 0 bridgehead atoms. The van der Waals surface area contributed by atoms with E-state index in [2.05, 4.69) is 0 Å². The molecule has 0 saturated carbocycles. The normalized spacial score (nSPS) is 24.8. The SMILES string of the molecule is COc1c(-c2ccc(O[C@@H]3O[C@H](CO)[C@H](O)[C@@H](O)[C@H]3O)c(O)c2)oc2cc(O)cc(O)c2c1=O. The Balaban J connectivity index is 1.71. The third-order valence-corrected chi connectivity index (χ3v) is 5.43.